The molecule has 0 aliphatic carbocycles. The molecule has 1 aromatic carbocycles. The molecule has 0 atom stereocenters. The van der Waals surface area contributed by atoms with Gasteiger partial charge in [0.2, 0.25) is 10.0 Å². The lowest BCUT2D eigenvalue weighted by atomic mass is 10.1. The van der Waals surface area contributed by atoms with Gasteiger partial charge in [-0.25, -0.2) is 13.1 Å². The number of hydrogen-bond donors (Lipinski definition) is 2. The van der Waals surface area contributed by atoms with Crippen LogP contribution in [0.15, 0.2) is 23.1 Å². The van der Waals surface area contributed by atoms with Crippen LogP contribution in [-0.2, 0) is 16.6 Å². The number of hydrogen-bond acceptors (Lipinski definition) is 4. The largest absolute Gasteiger partial charge is 0.392 e. The number of sulfonamides is 1. The quantitative estimate of drug-likeness (QED) is 0.764. The minimum Gasteiger partial charge on any atom is -0.392 e. The molecule has 0 aliphatic heterocycles. The van der Waals surface area contributed by atoms with E-state index < -0.39 is 10.0 Å². The van der Waals surface area contributed by atoms with Gasteiger partial charge in [0.1, 0.15) is 0 Å². The minimum atomic E-state index is -3.47. The van der Waals surface area contributed by atoms with Crippen LogP contribution >= 0.6 is 11.8 Å². The molecular weight excluding hydrogens is 258 g/mol. The highest BCUT2D eigenvalue weighted by Gasteiger charge is 2.17. The van der Waals surface area contributed by atoms with Crippen molar-refractivity contribution in [1.29, 1.82) is 0 Å². The maximum Gasteiger partial charge on any atom is 0.240 e. The van der Waals surface area contributed by atoms with E-state index in [9.17, 15) is 8.42 Å². The summed E-state index contributed by atoms with van der Waals surface area (Å²) in [6.45, 7) is 1.96. The maximum absolute atomic E-state index is 12.0. The second-order valence-electron chi connectivity index (χ2n) is 3.59. The molecule has 0 spiro atoms. The zero-order valence-corrected chi connectivity index (χ0v) is 11.6. The molecule has 0 amide bonds. The van der Waals surface area contributed by atoms with Crippen molar-refractivity contribution in [3.8, 4) is 0 Å². The Bertz CT molecular complexity index is 472. The Hall–Kier alpha value is -0.560. The molecule has 0 heterocycles. The summed E-state index contributed by atoms with van der Waals surface area (Å²) in [5.74, 6) is 0.734. The fraction of sp³-hybridized carbons (Fsp3) is 0.455. The molecule has 2 N–H and O–H groups in total. The molecule has 0 unspecified atom stereocenters. The Kier molecular flexibility index (Phi) is 5.45. The molecule has 0 saturated carbocycles. The van der Waals surface area contributed by atoms with Gasteiger partial charge >= 0.3 is 0 Å². The number of rotatable bonds is 6. The van der Waals surface area contributed by atoms with E-state index in [1.54, 1.807) is 36.9 Å². The van der Waals surface area contributed by atoms with Gasteiger partial charge in [-0.15, -0.1) is 0 Å². The average Bonchev–Trinajstić information content (AvgIpc) is 2.29. The lowest BCUT2D eigenvalue weighted by Crippen LogP contribution is -2.26. The Morgan fingerprint density at radius 2 is 2.12 bits per heavy atom. The van der Waals surface area contributed by atoms with Crippen molar-refractivity contribution in [2.24, 2.45) is 0 Å². The predicted octanol–water partition coefficient (Wildman–Crippen LogP) is 1.13. The van der Waals surface area contributed by atoms with Crippen molar-refractivity contribution < 1.29 is 13.5 Å². The first kappa shape index (κ1) is 14.5. The molecule has 17 heavy (non-hydrogen) atoms. The zero-order valence-electron chi connectivity index (χ0n) is 9.93. The molecule has 0 aliphatic rings. The van der Waals surface area contributed by atoms with E-state index in [2.05, 4.69) is 4.72 Å². The summed E-state index contributed by atoms with van der Waals surface area (Å²) in [4.78, 5) is 0.241. The summed E-state index contributed by atoms with van der Waals surface area (Å²) in [6, 6.07) is 4.91. The van der Waals surface area contributed by atoms with Crippen molar-refractivity contribution in [2.45, 2.75) is 18.4 Å². The minimum absolute atomic E-state index is 0.153. The monoisotopic (exact) mass is 275 g/mol. The van der Waals surface area contributed by atoms with Crippen molar-refractivity contribution in [2.75, 3.05) is 18.6 Å². The molecule has 0 radical (unpaired) electrons. The second kappa shape index (κ2) is 6.39. The topological polar surface area (TPSA) is 66.4 Å². The Morgan fingerprint density at radius 3 is 2.71 bits per heavy atom. The van der Waals surface area contributed by atoms with Gasteiger partial charge in [0.25, 0.3) is 0 Å². The molecular formula is C11H17NO3S2. The number of thioether (sulfide) groups is 1. The van der Waals surface area contributed by atoms with Crippen LogP contribution in [0.5, 0.6) is 0 Å². The highest BCUT2D eigenvalue weighted by Crippen LogP contribution is 2.18. The van der Waals surface area contributed by atoms with Crippen LogP contribution < -0.4 is 4.72 Å². The van der Waals surface area contributed by atoms with Gasteiger partial charge in [0, 0.05) is 12.3 Å². The van der Waals surface area contributed by atoms with Crippen molar-refractivity contribution in [3.63, 3.8) is 0 Å². The third kappa shape index (κ3) is 3.70. The van der Waals surface area contributed by atoms with Crippen LogP contribution in [0, 0.1) is 6.92 Å². The molecule has 0 saturated heterocycles. The van der Waals surface area contributed by atoms with E-state index in [0.717, 1.165) is 5.75 Å². The molecule has 0 bridgehead atoms. The van der Waals surface area contributed by atoms with E-state index in [-0.39, 0.29) is 11.5 Å². The number of benzene rings is 1. The molecule has 4 nitrogen and oxygen atoms in total. The van der Waals surface area contributed by atoms with Crippen LogP contribution in [0.1, 0.15) is 11.1 Å². The first-order valence-electron chi connectivity index (χ1n) is 5.21. The number of aliphatic hydroxyl groups is 1. The molecule has 0 aromatic heterocycles. The van der Waals surface area contributed by atoms with Crippen LogP contribution in [0.3, 0.4) is 0 Å². The lowest BCUT2D eigenvalue weighted by Gasteiger charge is -2.11. The van der Waals surface area contributed by atoms with Gasteiger partial charge in [0.05, 0.1) is 11.5 Å². The Labute approximate surface area is 106 Å². The first-order chi connectivity index (χ1) is 8.03. The Morgan fingerprint density at radius 1 is 1.41 bits per heavy atom. The SMILES string of the molecule is CSCCNS(=O)(=O)c1cccc(CO)c1C. The van der Waals surface area contributed by atoms with Gasteiger partial charge in [-0.05, 0) is 30.4 Å². The summed E-state index contributed by atoms with van der Waals surface area (Å²) in [5, 5.41) is 9.10. The van der Waals surface area contributed by atoms with E-state index >= 15 is 0 Å². The van der Waals surface area contributed by atoms with Gasteiger partial charge in [0.15, 0.2) is 0 Å². The van der Waals surface area contributed by atoms with E-state index in [1.807, 2.05) is 6.26 Å². The Balaban J connectivity index is 2.99. The highest BCUT2D eigenvalue weighted by atomic mass is 32.2. The van der Waals surface area contributed by atoms with Gasteiger partial charge in [-0.2, -0.15) is 11.8 Å². The molecule has 6 heteroatoms. The summed E-state index contributed by atoms with van der Waals surface area (Å²) >= 11 is 1.58. The standard InChI is InChI=1S/C11H17NO3S2/c1-9-10(8-13)4-3-5-11(9)17(14,15)12-6-7-16-2/h3-5,12-13H,6-8H2,1-2H3. The predicted molar refractivity (Wildman–Crippen MR) is 70.7 cm³/mol. The summed E-state index contributed by atoms with van der Waals surface area (Å²) < 4.78 is 26.5. The fourth-order valence-corrected chi connectivity index (χ4v) is 3.23. The van der Waals surface area contributed by atoms with Crippen molar-refractivity contribution in [1.82, 2.24) is 4.72 Å². The summed E-state index contributed by atoms with van der Waals surface area (Å²) in [5.41, 5.74) is 1.24. The number of nitrogens with one attached hydrogen (secondary N) is 1. The summed E-state index contributed by atoms with van der Waals surface area (Å²) in [6.07, 6.45) is 1.92. The molecule has 1 aromatic rings. The van der Waals surface area contributed by atoms with Crippen molar-refractivity contribution >= 4 is 21.8 Å². The third-order valence-electron chi connectivity index (χ3n) is 2.45. The van der Waals surface area contributed by atoms with E-state index in [0.29, 0.717) is 17.7 Å². The number of aliphatic hydroxyl groups excluding tert-OH is 1. The second-order valence-corrected chi connectivity index (χ2v) is 6.31. The van der Waals surface area contributed by atoms with Gasteiger partial charge in [-0.1, -0.05) is 12.1 Å². The van der Waals surface area contributed by atoms with E-state index in [4.69, 9.17) is 5.11 Å². The van der Waals surface area contributed by atoms with Gasteiger partial charge < -0.3 is 5.11 Å². The fourth-order valence-electron chi connectivity index (χ4n) is 1.48. The third-order valence-corrected chi connectivity index (χ3v) is 4.67. The van der Waals surface area contributed by atoms with E-state index in [1.165, 1.54) is 0 Å². The summed E-state index contributed by atoms with van der Waals surface area (Å²) in [7, 11) is -3.47. The molecule has 96 valence electrons. The van der Waals surface area contributed by atoms with Crippen molar-refractivity contribution in [3.05, 3.63) is 29.3 Å². The average molecular weight is 275 g/mol. The maximum atomic E-state index is 12.0. The molecule has 1 rings (SSSR count). The van der Waals surface area contributed by atoms with Crippen LogP contribution in [0.25, 0.3) is 0 Å². The van der Waals surface area contributed by atoms with Crippen LogP contribution in [0.4, 0.5) is 0 Å². The smallest absolute Gasteiger partial charge is 0.240 e. The normalized spacial score (nSPS) is 11.7. The zero-order chi connectivity index (χ0) is 12.9. The van der Waals surface area contributed by atoms with Crippen LogP contribution in [0.2, 0.25) is 0 Å². The first-order valence-corrected chi connectivity index (χ1v) is 8.08. The molecule has 0 fully saturated rings. The lowest BCUT2D eigenvalue weighted by molar-refractivity contribution is 0.280. The van der Waals surface area contributed by atoms with Crippen LogP contribution in [-0.4, -0.2) is 32.1 Å². The van der Waals surface area contributed by atoms with Gasteiger partial charge in [-0.3, -0.25) is 0 Å². The highest BCUT2D eigenvalue weighted by molar-refractivity contribution is 7.98.